The van der Waals surface area contributed by atoms with Crippen molar-refractivity contribution in [1.82, 2.24) is 10.3 Å². The molecule has 7 heteroatoms. The number of nitrogens with one attached hydrogen (secondary N) is 2. The van der Waals surface area contributed by atoms with Crippen LogP contribution in [0.1, 0.15) is 45.4 Å². The van der Waals surface area contributed by atoms with Crippen LogP contribution in [0.15, 0.2) is 0 Å². The zero-order valence-corrected chi connectivity index (χ0v) is 12.7. The monoisotopic (exact) mass is 296 g/mol. The van der Waals surface area contributed by atoms with Crippen molar-refractivity contribution >= 4 is 17.8 Å². The molecule has 0 bridgehead atoms. The summed E-state index contributed by atoms with van der Waals surface area (Å²) in [5.41, 5.74) is 1.41. The number of hydrogen-bond acceptors (Lipinski definition) is 5. The largest absolute Gasteiger partial charge is 0.465 e. The van der Waals surface area contributed by atoms with E-state index in [1.807, 2.05) is 6.92 Å². The minimum atomic E-state index is -0.683. The minimum Gasteiger partial charge on any atom is -0.465 e. The Morgan fingerprint density at radius 2 is 1.86 bits per heavy atom. The van der Waals surface area contributed by atoms with Gasteiger partial charge in [-0.1, -0.05) is 6.92 Å². The first kappa shape index (κ1) is 16.7. The highest BCUT2D eigenvalue weighted by atomic mass is 16.5. The van der Waals surface area contributed by atoms with E-state index in [9.17, 15) is 14.4 Å². The summed E-state index contributed by atoms with van der Waals surface area (Å²) >= 11 is 0. The summed E-state index contributed by atoms with van der Waals surface area (Å²) in [4.78, 5) is 37.7. The van der Waals surface area contributed by atoms with Crippen molar-refractivity contribution in [3.8, 4) is 0 Å². The fourth-order valence-corrected chi connectivity index (χ4v) is 1.88. The summed E-state index contributed by atoms with van der Waals surface area (Å²) in [6, 6.07) is 0. The zero-order valence-electron chi connectivity index (χ0n) is 12.7. The summed E-state index contributed by atoms with van der Waals surface area (Å²) < 4.78 is 9.57. The van der Waals surface area contributed by atoms with E-state index >= 15 is 0 Å². The van der Waals surface area contributed by atoms with E-state index in [4.69, 9.17) is 4.74 Å². The first-order valence-corrected chi connectivity index (χ1v) is 6.63. The highest BCUT2D eigenvalue weighted by Crippen LogP contribution is 2.19. The Bertz CT molecular complexity index is 548. The van der Waals surface area contributed by atoms with E-state index in [1.165, 1.54) is 7.11 Å². The lowest BCUT2D eigenvalue weighted by Gasteiger charge is -2.05. The molecule has 1 aromatic rings. The van der Waals surface area contributed by atoms with Crippen molar-refractivity contribution in [2.75, 3.05) is 20.3 Å². The molecule has 0 aliphatic heterocycles. The Kier molecular flexibility index (Phi) is 5.95. The molecule has 1 rings (SSSR count). The summed E-state index contributed by atoms with van der Waals surface area (Å²) in [6.07, 6.45) is 0.803. The van der Waals surface area contributed by atoms with Crippen molar-refractivity contribution in [2.45, 2.75) is 27.2 Å². The first-order valence-electron chi connectivity index (χ1n) is 6.63. The Labute approximate surface area is 123 Å². The lowest BCUT2D eigenvalue weighted by molar-refractivity contribution is -0.124. The molecule has 0 atom stereocenters. The molecule has 21 heavy (non-hydrogen) atoms. The summed E-state index contributed by atoms with van der Waals surface area (Å²) in [5.74, 6) is -1.57. The summed E-state index contributed by atoms with van der Waals surface area (Å²) in [5, 5.41) is 2.60. The van der Waals surface area contributed by atoms with Crippen LogP contribution in [0, 0.1) is 13.8 Å². The fraction of sp³-hybridized carbons (Fsp3) is 0.500. The highest BCUT2D eigenvalue weighted by Gasteiger charge is 2.23. The quantitative estimate of drug-likeness (QED) is 0.766. The van der Waals surface area contributed by atoms with Crippen LogP contribution in [-0.4, -0.2) is 43.1 Å². The number of H-pyrrole nitrogens is 1. The predicted octanol–water partition coefficient (Wildman–Crippen LogP) is 1.10. The lowest BCUT2D eigenvalue weighted by Crippen LogP contribution is -2.29. The van der Waals surface area contributed by atoms with Gasteiger partial charge in [0.05, 0.1) is 12.7 Å². The molecule has 1 aromatic heterocycles. The third-order valence-electron chi connectivity index (χ3n) is 2.94. The van der Waals surface area contributed by atoms with Crippen LogP contribution in [0.25, 0.3) is 0 Å². The maximum absolute atomic E-state index is 11.9. The van der Waals surface area contributed by atoms with Crippen LogP contribution >= 0.6 is 0 Å². The Morgan fingerprint density at radius 3 is 2.43 bits per heavy atom. The van der Waals surface area contributed by atoms with E-state index in [1.54, 1.807) is 13.8 Å². The maximum Gasteiger partial charge on any atom is 0.355 e. The van der Waals surface area contributed by atoms with Gasteiger partial charge in [-0.25, -0.2) is 9.59 Å². The van der Waals surface area contributed by atoms with Crippen LogP contribution in [0.2, 0.25) is 0 Å². The van der Waals surface area contributed by atoms with Gasteiger partial charge >= 0.3 is 11.9 Å². The highest BCUT2D eigenvalue weighted by molar-refractivity contribution is 5.99. The molecule has 0 aliphatic rings. The van der Waals surface area contributed by atoms with Gasteiger partial charge in [0.25, 0.3) is 5.91 Å². The molecule has 1 heterocycles. The van der Waals surface area contributed by atoms with Gasteiger partial charge in [-0.2, -0.15) is 0 Å². The fourth-order valence-electron chi connectivity index (χ4n) is 1.88. The van der Waals surface area contributed by atoms with Gasteiger partial charge in [0.2, 0.25) is 0 Å². The molecule has 2 N–H and O–H groups in total. The van der Waals surface area contributed by atoms with E-state index in [2.05, 4.69) is 15.0 Å². The molecule has 0 aromatic carbocycles. The molecule has 1 amide bonds. The molecule has 0 saturated heterocycles. The number of aromatic nitrogens is 1. The van der Waals surface area contributed by atoms with Crippen molar-refractivity contribution < 1.29 is 23.9 Å². The van der Waals surface area contributed by atoms with Gasteiger partial charge in [-0.15, -0.1) is 0 Å². The van der Waals surface area contributed by atoms with Crippen LogP contribution in [-0.2, 0) is 14.3 Å². The molecule has 0 radical (unpaired) electrons. The Balaban J connectivity index is 2.76. The van der Waals surface area contributed by atoms with Crippen LogP contribution in [0.3, 0.4) is 0 Å². The maximum atomic E-state index is 11.9. The van der Waals surface area contributed by atoms with Crippen molar-refractivity contribution in [3.05, 3.63) is 22.5 Å². The first-order chi connectivity index (χ1) is 9.92. The van der Waals surface area contributed by atoms with Crippen LogP contribution < -0.4 is 5.32 Å². The molecule has 0 aliphatic carbocycles. The molecule has 0 saturated carbocycles. The second-order valence-corrected chi connectivity index (χ2v) is 4.54. The van der Waals surface area contributed by atoms with E-state index in [0.29, 0.717) is 23.4 Å². The topological polar surface area (TPSA) is 97.5 Å². The Morgan fingerprint density at radius 1 is 1.19 bits per heavy atom. The SMILES string of the molecule is CCCNC(=O)COC(=O)c1[nH]c(C)c(C(=O)OC)c1C. The number of amides is 1. The normalized spacial score (nSPS) is 10.1. The van der Waals surface area contributed by atoms with E-state index in [0.717, 1.165) is 6.42 Å². The summed E-state index contributed by atoms with van der Waals surface area (Å²) in [7, 11) is 1.27. The second kappa shape index (κ2) is 7.47. The molecule has 0 unspecified atom stereocenters. The number of aromatic amines is 1. The van der Waals surface area contributed by atoms with Gasteiger partial charge in [0.15, 0.2) is 6.61 Å². The minimum absolute atomic E-state index is 0.149. The zero-order chi connectivity index (χ0) is 16.0. The smallest absolute Gasteiger partial charge is 0.355 e. The number of hydrogen-bond donors (Lipinski definition) is 2. The molecular formula is C14H20N2O5. The third-order valence-corrected chi connectivity index (χ3v) is 2.94. The number of aryl methyl sites for hydroxylation is 1. The number of rotatable bonds is 6. The van der Waals surface area contributed by atoms with Gasteiger partial charge < -0.3 is 19.8 Å². The van der Waals surface area contributed by atoms with Crippen LogP contribution in [0.5, 0.6) is 0 Å². The van der Waals surface area contributed by atoms with Crippen LogP contribution in [0.4, 0.5) is 0 Å². The van der Waals surface area contributed by atoms with Crippen molar-refractivity contribution in [1.29, 1.82) is 0 Å². The average molecular weight is 296 g/mol. The number of ether oxygens (including phenoxy) is 2. The van der Waals surface area contributed by atoms with E-state index < -0.39 is 11.9 Å². The van der Waals surface area contributed by atoms with E-state index in [-0.39, 0.29) is 18.2 Å². The van der Waals surface area contributed by atoms with Crippen molar-refractivity contribution in [2.24, 2.45) is 0 Å². The molecular weight excluding hydrogens is 276 g/mol. The Hall–Kier alpha value is -2.31. The second-order valence-electron chi connectivity index (χ2n) is 4.54. The third kappa shape index (κ3) is 4.08. The molecule has 0 fully saturated rings. The van der Waals surface area contributed by atoms with Gasteiger partial charge in [0, 0.05) is 12.2 Å². The van der Waals surface area contributed by atoms with Gasteiger partial charge in [-0.05, 0) is 25.8 Å². The number of carbonyl (C=O) groups is 3. The van der Waals surface area contributed by atoms with Gasteiger partial charge in [0.1, 0.15) is 5.69 Å². The average Bonchev–Trinajstić information content (AvgIpc) is 2.76. The van der Waals surface area contributed by atoms with Gasteiger partial charge in [-0.3, -0.25) is 4.79 Å². The molecule has 7 nitrogen and oxygen atoms in total. The molecule has 0 spiro atoms. The number of carbonyl (C=O) groups excluding carboxylic acids is 3. The number of methoxy groups -OCH3 is 1. The predicted molar refractivity (Wildman–Crippen MR) is 75.2 cm³/mol. The lowest BCUT2D eigenvalue weighted by atomic mass is 10.1. The van der Waals surface area contributed by atoms with Crippen molar-refractivity contribution in [3.63, 3.8) is 0 Å². The standard InChI is InChI=1S/C14H20N2O5/c1-5-6-15-10(17)7-21-14(19)12-8(2)11(9(3)16-12)13(18)20-4/h16H,5-7H2,1-4H3,(H,15,17). The molecule has 116 valence electrons. The summed E-state index contributed by atoms with van der Waals surface area (Å²) in [6.45, 7) is 5.37. The number of esters is 2.